The quantitative estimate of drug-likeness (QED) is 0.350. The monoisotopic (exact) mass is 598 g/mol. The molecule has 43 heavy (non-hydrogen) atoms. The Kier molecular flexibility index (Phi) is 12.6. The number of amides is 4. The Morgan fingerprint density at radius 3 is 2.30 bits per heavy atom. The maximum Gasteiger partial charge on any atom is 0.311 e. The number of likely N-dealkylation sites (N-methyl/N-ethyl adjacent to an activating group) is 1. The van der Waals surface area contributed by atoms with Crippen LogP contribution in [0.5, 0.6) is 0 Å². The van der Waals surface area contributed by atoms with E-state index in [1.54, 1.807) is 20.9 Å². The van der Waals surface area contributed by atoms with Gasteiger partial charge in [-0.3, -0.25) is 24.0 Å². The number of rotatable bonds is 8. The van der Waals surface area contributed by atoms with Crippen molar-refractivity contribution in [1.29, 1.82) is 0 Å². The molecule has 3 rings (SSSR count). The lowest BCUT2D eigenvalue weighted by atomic mass is 9.94. The number of hydrogen-bond acceptors (Lipinski definition) is 6. The number of carbonyl (C=O) groups is 5. The van der Waals surface area contributed by atoms with Gasteiger partial charge in [0, 0.05) is 32.0 Å². The first kappa shape index (κ1) is 34.1. The van der Waals surface area contributed by atoms with Gasteiger partial charge in [-0.2, -0.15) is 0 Å². The van der Waals surface area contributed by atoms with E-state index in [4.69, 9.17) is 4.74 Å². The van der Waals surface area contributed by atoms with Gasteiger partial charge in [0.15, 0.2) is 6.10 Å². The van der Waals surface area contributed by atoms with E-state index in [-0.39, 0.29) is 18.2 Å². The van der Waals surface area contributed by atoms with Crippen molar-refractivity contribution in [2.45, 2.75) is 116 Å². The molecule has 10 nitrogen and oxygen atoms in total. The Morgan fingerprint density at radius 2 is 1.65 bits per heavy atom. The highest BCUT2D eigenvalue weighted by atomic mass is 16.5. The molecule has 0 saturated carbocycles. The van der Waals surface area contributed by atoms with E-state index in [0.29, 0.717) is 32.2 Å². The fraction of sp³-hybridized carbons (Fsp3) is 0.667. The molecule has 0 spiro atoms. The second kappa shape index (κ2) is 15.9. The van der Waals surface area contributed by atoms with Gasteiger partial charge in [0.2, 0.25) is 17.7 Å². The van der Waals surface area contributed by atoms with Crippen molar-refractivity contribution in [3.05, 3.63) is 35.9 Å². The predicted octanol–water partition coefficient (Wildman–Crippen LogP) is 3.22. The molecule has 2 aliphatic rings. The van der Waals surface area contributed by atoms with Crippen LogP contribution in [0.25, 0.3) is 0 Å². The highest BCUT2D eigenvalue weighted by molar-refractivity contribution is 5.95. The maximum atomic E-state index is 14.0. The van der Waals surface area contributed by atoms with E-state index in [0.717, 1.165) is 24.8 Å². The van der Waals surface area contributed by atoms with Crippen LogP contribution in [0.2, 0.25) is 0 Å². The summed E-state index contributed by atoms with van der Waals surface area (Å²) in [5.74, 6) is -3.19. The van der Waals surface area contributed by atoms with Crippen molar-refractivity contribution in [2.75, 3.05) is 13.6 Å². The summed E-state index contributed by atoms with van der Waals surface area (Å²) in [6.45, 7) is 9.54. The number of unbranched alkanes of at least 4 members (excludes halogenated alkanes) is 2. The number of carbonyl (C=O) groups excluding carboxylic acids is 5. The van der Waals surface area contributed by atoms with Gasteiger partial charge in [-0.25, -0.2) is 0 Å². The highest BCUT2D eigenvalue weighted by Gasteiger charge is 2.44. The van der Waals surface area contributed by atoms with Crippen molar-refractivity contribution in [3.63, 3.8) is 0 Å². The summed E-state index contributed by atoms with van der Waals surface area (Å²) in [5, 5.41) is 5.77. The molecule has 1 aromatic carbocycles. The average molecular weight is 599 g/mol. The highest BCUT2D eigenvalue weighted by Crippen LogP contribution is 2.26. The van der Waals surface area contributed by atoms with Gasteiger partial charge < -0.3 is 25.2 Å². The van der Waals surface area contributed by atoms with E-state index in [2.05, 4.69) is 17.6 Å². The Hall–Kier alpha value is -3.43. The normalized spacial score (nSPS) is 28.7. The summed E-state index contributed by atoms with van der Waals surface area (Å²) in [6.07, 6.45) is 4.12. The third kappa shape index (κ3) is 8.57. The fourth-order valence-electron chi connectivity index (χ4n) is 5.85. The summed E-state index contributed by atoms with van der Waals surface area (Å²) in [7, 11) is 1.57. The molecule has 0 radical (unpaired) electrons. The molecule has 10 heteroatoms. The number of ether oxygens (including phenoxy) is 1. The predicted molar refractivity (Wildman–Crippen MR) is 164 cm³/mol. The van der Waals surface area contributed by atoms with Crippen LogP contribution in [0.1, 0.15) is 85.1 Å². The fourth-order valence-corrected chi connectivity index (χ4v) is 5.85. The van der Waals surface area contributed by atoms with Gasteiger partial charge in [0.25, 0.3) is 5.91 Å². The van der Waals surface area contributed by atoms with Crippen LogP contribution in [0.3, 0.4) is 0 Å². The lowest BCUT2D eigenvalue weighted by molar-refractivity contribution is -0.169. The Labute approximate surface area is 256 Å². The first-order valence-electron chi connectivity index (χ1n) is 15.9. The number of hydrogen-bond donors (Lipinski definition) is 2. The van der Waals surface area contributed by atoms with Crippen LogP contribution in [0, 0.1) is 11.8 Å². The number of cyclic esters (lactones) is 1. The van der Waals surface area contributed by atoms with Crippen molar-refractivity contribution >= 4 is 29.6 Å². The molecule has 0 bridgehead atoms. The summed E-state index contributed by atoms with van der Waals surface area (Å²) in [4.78, 5) is 71.4. The third-order valence-corrected chi connectivity index (χ3v) is 9.03. The Balaban J connectivity index is 2.03. The van der Waals surface area contributed by atoms with Gasteiger partial charge in [0.1, 0.15) is 18.1 Å². The van der Waals surface area contributed by atoms with Gasteiger partial charge >= 0.3 is 5.97 Å². The smallest absolute Gasteiger partial charge is 0.311 e. The molecule has 238 valence electrons. The number of fused-ring (bicyclic) bond motifs is 1. The van der Waals surface area contributed by atoms with Crippen LogP contribution >= 0.6 is 0 Å². The topological polar surface area (TPSA) is 125 Å². The van der Waals surface area contributed by atoms with Crippen molar-refractivity contribution in [3.8, 4) is 0 Å². The minimum Gasteiger partial charge on any atom is -0.452 e. The van der Waals surface area contributed by atoms with Gasteiger partial charge in [-0.15, -0.1) is 0 Å². The summed E-state index contributed by atoms with van der Waals surface area (Å²) in [5.41, 5.74) is 0.863. The minimum atomic E-state index is -1.05. The summed E-state index contributed by atoms with van der Waals surface area (Å²) in [6, 6.07) is 6.28. The average Bonchev–Trinajstić information content (AvgIpc) is 3.50. The molecule has 0 aromatic heterocycles. The molecule has 2 N–H and O–H groups in total. The van der Waals surface area contributed by atoms with Crippen LogP contribution in [0.15, 0.2) is 30.3 Å². The number of esters is 1. The largest absolute Gasteiger partial charge is 0.452 e. The molecule has 2 aliphatic heterocycles. The number of nitrogens with one attached hydrogen (secondary N) is 2. The standard InChI is InChI=1S/C33H50N4O6/c1-7-9-11-17-25-22(4)33(42)43-28(21(3)8-2)32(41)37-19-14-18-26(37)31(40)36(6)27(20-24-15-12-10-13-16-24)30(39)34-23(5)29(38)35-25/h10,12-13,15-16,21-23,25-28H,7-9,11,14,17-20H2,1-6H3,(H,34,39)(H,35,38)/t21-,22-,23-,25+,26-,27-,28-/m0/s1. The Morgan fingerprint density at radius 1 is 0.953 bits per heavy atom. The van der Waals surface area contributed by atoms with E-state index in [1.807, 2.05) is 44.2 Å². The van der Waals surface area contributed by atoms with E-state index in [1.165, 1.54) is 9.80 Å². The minimum absolute atomic E-state index is 0.244. The molecule has 7 atom stereocenters. The van der Waals surface area contributed by atoms with Crippen LogP contribution < -0.4 is 10.6 Å². The molecule has 0 aliphatic carbocycles. The molecular formula is C33H50N4O6. The van der Waals surface area contributed by atoms with Crippen LogP contribution in [-0.2, 0) is 35.1 Å². The van der Waals surface area contributed by atoms with E-state index >= 15 is 0 Å². The van der Waals surface area contributed by atoms with Gasteiger partial charge in [-0.1, -0.05) is 70.4 Å². The lowest BCUT2D eigenvalue weighted by Crippen LogP contribution is -2.59. The zero-order valence-electron chi connectivity index (χ0n) is 26.6. The summed E-state index contributed by atoms with van der Waals surface area (Å²) >= 11 is 0. The molecular weight excluding hydrogens is 548 g/mol. The summed E-state index contributed by atoms with van der Waals surface area (Å²) < 4.78 is 5.94. The SMILES string of the molecule is CCCCC[C@H]1NC(=O)[C@H](C)NC(=O)[C@H](Cc2ccccc2)N(C)C(=O)[C@@H]2CCCN2C(=O)[C@H]([C@@H](C)CC)OC(=O)[C@H]1C. The first-order valence-corrected chi connectivity index (χ1v) is 15.9. The first-order chi connectivity index (χ1) is 20.5. The van der Waals surface area contributed by atoms with E-state index in [9.17, 15) is 24.0 Å². The van der Waals surface area contributed by atoms with E-state index < -0.39 is 59.9 Å². The molecule has 1 aromatic rings. The molecule has 2 saturated heterocycles. The number of nitrogens with zero attached hydrogens (tertiary/aromatic N) is 2. The maximum absolute atomic E-state index is 14.0. The zero-order valence-corrected chi connectivity index (χ0v) is 26.6. The molecule has 2 fully saturated rings. The van der Waals surface area contributed by atoms with Crippen molar-refractivity contribution in [1.82, 2.24) is 20.4 Å². The zero-order chi connectivity index (χ0) is 31.7. The van der Waals surface area contributed by atoms with Crippen LogP contribution in [0.4, 0.5) is 0 Å². The second-order valence-corrected chi connectivity index (χ2v) is 12.2. The van der Waals surface area contributed by atoms with Gasteiger partial charge in [-0.05, 0) is 45.1 Å². The van der Waals surface area contributed by atoms with Crippen LogP contribution in [-0.4, -0.2) is 83.3 Å². The van der Waals surface area contributed by atoms with Crippen molar-refractivity contribution < 1.29 is 28.7 Å². The Bertz CT molecular complexity index is 1130. The van der Waals surface area contributed by atoms with Gasteiger partial charge in [0.05, 0.1) is 5.92 Å². The lowest BCUT2D eigenvalue weighted by Gasteiger charge is -2.36. The molecule has 2 heterocycles. The third-order valence-electron chi connectivity index (χ3n) is 9.03. The molecule has 4 amide bonds. The van der Waals surface area contributed by atoms with Crippen molar-refractivity contribution in [2.24, 2.45) is 11.8 Å². The molecule has 0 unspecified atom stereocenters. The number of benzene rings is 1. The second-order valence-electron chi connectivity index (χ2n) is 12.2.